The van der Waals surface area contributed by atoms with Gasteiger partial charge in [0, 0.05) is 23.5 Å². The zero-order chi connectivity index (χ0) is 18.1. The molecule has 2 amide bonds. The third kappa shape index (κ3) is 3.31. The molecule has 0 spiro atoms. The van der Waals surface area contributed by atoms with E-state index in [4.69, 9.17) is 4.74 Å². The molecule has 1 aliphatic rings. The minimum absolute atomic E-state index is 0.175. The van der Waals surface area contributed by atoms with E-state index < -0.39 is 6.10 Å². The summed E-state index contributed by atoms with van der Waals surface area (Å²) in [6, 6.07) is 9.00. The molecule has 0 saturated carbocycles. The second-order valence-electron chi connectivity index (χ2n) is 5.90. The number of aromatic nitrogens is 2. The lowest BCUT2D eigenvalue weighted by molar-refractivity contribution is -0.122. The van der Waals surface area contributed by atoms with Crippen LogP contribution in [0.2, 0.25) is 0 Å². The topological polar surface area (TPSA) is 85.2 Å². The molecular formula is C18H16N4O3S. The van der Waals surface area contributed by atoms with Crippen LogP contribution in [0, 0.1) is 0 Å². The summed E-state index contributed by atoms with van der Waals surface area (Å²) in [4.78, 5) is 28.5. The molecule has 2 N–H and O–H groups in total. The number of nitrogens with zero attached hydrogens (tertiary/aromatic N) is 2. The van der Waals surface area contributed by atoms with Crippen molar-refractivity contribution in [2.75, 3.05) is 10.6 Å². The average molecular weight is 368 g/mol. The van der Waals surface area contributed by atoms with Crippen LogP contribution in [0.25, 0.3) is 5.13 Å². The molecule has 2 aromatic heterocycles. The summed E-state index contributed by atoms with van der Waals surface area (Å²) in [6.45, 7) is 1.68. The van der Waals surface area contributed by atoms with Gasteiger partial charge >= 0.3 is 0 Å². The van der Waals surface area contributed by atoms with Crippen LogP contribution in [0.15, 0.2) is 48.1 Å². The van der Waals surface area contributed by atoms with E-state index in [0.29, 0.717) is 22.8 Å². The number of nitrogens with one attached hydrogen (secondary N) is 2. The number of carbonyl (C=O) groups excluding carboxylic acids is 2. The molecule has 1 aliphatic heterocycles. The molecule has 7 nitrogen and oxygen atoms in total. The lowest BCUT2D eigenvalue weighted by Crippen LogP contribution is -2.34. The van der Waals surface area contributed by atoms with Crippen molar-refractivity contribution in [1.82, 2.24) is 9.55 Å². The van der Waals surface area contributed by atoms with E-state index in [-0.39, 0.29) is 18.2 Å². The predicted molar refractivity (Wildman–Crippen MR) is 98.9 cm³/mol. The maximum Gasteiger partial charge on any atom is 0.265 e. The zero-order valence-corrected chi connectivity index (χ0v) is 14.7. The molecule has 0 unspecified atom stereocenters. The van der Waals surface area contributed by atoms with Crippen LogP contribution in [0.4, 0.5) is 11.4 Å². The Kier molecular flexibility index (Phi) is 4.18. The van der Waals surface area contributed by atoms with E-state index in [1.807, 2.05) is 34.5 Å². The van der Waals surface area contributed by atoms with Crippen molar-refractivity contribution >= 4 is 34.5 Å². The van der Waals surface area contributed by atoms with Gasteiger partial charge in [-0.1, -0.05) is 0 Å². The summed E-state index contributed by atoms with van der Waals surface area (Å²) >= 11 is 1.48. The van der Waals surface area contributed by atoms with E-state index >= 15 is 0 Å². The Labute approximate surface area is 153 Å². The van der Waals surface area contributed by atoms with Crippen molar-refractivity contribution in [2.24, 2.45) is 0 Å². The van der Waals surface area contributed by atoms with Gasteiger partial charge in [0.1, 0.15) is 5.75 Å². The Morgan fingerprint density at radius 2 is 2.19 bits per heavy atom. The molecule has 3 aromatic rings. The Morgan fingerprint density at radius 3 is 3.00 bits per heavy atom. The quantitative estimate of drug-likeness (QED) is 0.742. The Morgan fingerprint density at radius 1 is 1.38 bits per heavy atom. The fourth-order valence-corrected chi connectivity index (χ4v) is 3.41. The van der Waals surface area contributed by atoms with Crippen LogP contribution >= 0.6 is 11.3 Å². The van der Waals surface area contributed by atoms with E-state index in [0.717, 1.165) is 5.13 Å². The predicted octanol–water partition coefficient (Wildman–Crippen LogP) is 2.83. The fraction of sp³-hybridized carbons (Fsp3) is 0.167. The number of hydrogen-bond acceptors (Lipinski definition) is 5. The number of thiazole rings is 1. The molecule has 0 radical (unpaired) electrons. The van der Waals surface area contributed by atoms with Gasteiger partial charge in [-0.2, -0.15) is 0 Å². The number of amides is 2. The number of carbonyl (C=O) groups is 2. The van der Waals surface area contributed by atoms with Gasteiger partial charge in [-0.25, -0.2) is 4.98 Å². The number of hydrogen-bond donors (Lipinski definition) is 2. The number of benzene rings is 1. The van der Waals surface area contributed by atoms with Crippen molar-refractivity contribution in [1.29, 1.82) is 0 Å². The first kappa shape index (κ1) is 16.3. The molecule has 26 heavy (non-hydrogen) atoms. The first-order valence-corrected chi connectivity index (χ1v) is 8.95. The summed E-state index contributed by atoms with van der Waals surface area (Å²) in [7, 11) is 0. The maximum absolute atomic E-state index is 12.3. The molecule has 0 fully saturated rings. The lowest BCUT2D eigenvalue weighted by Gasteiger charge is -2.23. The smallest absolute Gasteiger partial charge is 0.265 e. The Hall–Kier alpha value is -3.13. The number of anilines is 2. The third-order valence-corrected chi connectivity index (χ3v) is 4.80. The van der Waals surface area contributed by atoms with E-state index in [2.05, 4.69) is 15.6 Å². The van der Waals surface area contributed by atoms with E-state index in [1.165, 1.54) is 11.3 Å². The highest BCUT2D eigenvalue weighted by molar-refractivity contribution is 7.12. The van der Waals surface area contributed by atoms with Gasteiger partial charge < -0.3 is 19.9 Å². The largest absolute Gasteiger partial charge is 0.479 e. The summed E-state index contributed by atoms with van der Waals surface area (Å²) in [5.74, 6) is 0.206. The first-order chi connectivity index (χ1) is 12.6. The standard InChI is InChI=1S/C18H16N4O3S/c1-11-17(24)21-14-8-12(4-5-15(14)25-11)19-16(23)9-13-10-26-18(20-13)22-6-2-3-7-22/h2-8,10-11H,9H2,1H3,(H,19,23)(H,21,24)/t11-/m1/s1. The van der Waals surface area contributed by atoms with Gasteiger partial charge in [-0.3, -0.25) is 9.59 Å². The molecule has 0 aliphatic carbocycles. The van der Waals surface area contributed by atoms with Gasteiger partial charge in [-0.15, -0.1) is 11.3 Å². The van der Waals surface area contributed by atoms with Crippen LogP contribution in [0.5, 0.6) is 5.75 Å². The highest BCUT2D eigenvalue weighted by Gasteiger charge is 2.23. The minimum atomic E-state index is -0.526. The number of fused-ring (bicyclic) bond motifs is 1. The van der Waals surface area contributed by atoms with E-state index in [1.54, 1.807) is 25.1 Å². The summed E-state index contributed by atoms with van der Waals surface area (Å²) in [5.41, 5.74) is 1.85. The minimum Gasteiger partial charge on any atom is -0.479 e. The molecule has 0 saturated heterocycles. The van der Waals surface area contributed by atoms with Crippen molar-refractivity contribution in [2.45, 2.75) is 19.4 Å². The highest BCUT2D eigenvalue weighted by Crippen LogP contribution is 2.32. The molecule has 4 rings (SSSR count). The van der Waals surface area contributed by atoms with Gasteiger partial charge in [0.25, 0.3) is 5.91 Å². The van der Waals surface area contributed by atoms with Crippen LogP contribution in [-0.4, -0.2) is 27.5 Å². The SMILES string of the molecule is C[C@H]1Oc2ccc(NC(=O)Cc3csc(-n4cccc4)n3)cc2NC1=O. The van der Waals surface area contributed by atoms with Gasteiger partial charge in [0.15, 0.2) is 11.2 Å². The van der Waals surface area contributed by atoms with Crippen LogP contribution < -0.4 is 15.4 Å². The van der Waals surface area contributed by atoms with Gasteiger partial charge in [-0.05, 0) is 37.3 Å². The normalized spacial score (nSPS) is 15.7. The molecule has 1 atom stereocenters. The van der Waals surface area contributed by atoms with Crippen LogP contribution in [0.1, 0.15) is 12.6 Å². The average Bonchev–Trinajstić information content (AvgIpc) is 3.27. The lowest BCUT2D eigenvalue weighted by atomic mass is 10.2. The van der Waals surface area contributed by atoms with E-state index in [9.17, 15) is 9.59 Å². The van der Waals surface area contributed by atoms with Gasteiger partial charge in [0.2, 0.25) is 5.91 Å². The second kappa shape index (κ2) is 6.64. The monoisotopic (exact) mass is 368 g/mol. The summed E-state index contributed by atoms with van der Waals surface area (Å²) in [6.07, 6.45) is 3.47. The molecule has 1 aromatic carbocycles. The molecule has 132 valence electrons. The summed E-state index contributed by atoms with van der Waals surface area (Å²) < 4.78 is 7.40. The number of ether oxygens (including phenoxy) is 1. The second-order valence-corrected chi connectivity index (χ2v) is 6.73. The summed E-state index contributed by atoms with van der Waals surface area (Å²) in [5, 5.41) is 8.28. The highest BCUT2D eigenvalue weighted by atomic mass is 32.1. The van der Waals surface area contributed by atoms with Gasteiger partial charge in [0.05, 0.1) is 17.8 Å². The van der Waals surface area contributed by atoms with Crippen LogP contribution in [0.3, 0.4) is 0 Å². The van der Waals surface area contributed by atoms with Crippen LogP contribution in [-0.2, 0) is 16.0 Å². The Balaban J connectivity index is 1.42. The Bertz CT molecular complexity index is 965. The first-order valence-electron chi connectivity index (χ1n) is 8.07. The third-order valence-electron chi connectivity index (χ3n) is 3.90. The maximum atomic E-state index is 12.3. The molecule has 0 bridgehead atoms. The van der Waals surface area contributed by atoms with Crippen molar-refractivity contribution in [3.63, 3.8) is 0 Å². The van der Waals surface area contributed by atoms with Crippen molar-refractivity contribution in [3.05, 3.63) is 53.8 Å². The molecule has 3 heterocycles. The molecular weight excluding hydrogens is 352 g/mol. The molecule has 8 heteroatoms. The van der Waals surface area contributed by atoms with Crippen molar-refractivity contribution in [3.8, 4) is 10.9 Å². The fourth-order valence-electron chi connectivity index (χ4n) is 2.61. The van der Waals surface area contributed by atoms with Crippen molar-refractivity contribution < 1.29 is 14.3 Å². The number of rotatable bonds is 4. The zero-order valence-electron chi connectivity index (χ0n) is 13.9.